The zero-order chi connectivity index (χ0) is 12.0. The molecule has 1 aromatic rings. The van der Waals surface area contributed by atoms with Gasteiger partial charge in [0.15, 0.2) is 0 Å². The Hall–Kier alpha value is -0.603. The van der Waals surface area contributed by atoms with Gasteiger partial charge in [-0.1, -0.05) is 43.7 Å². The first-order valence-corrected chi connectivity index (χ1v) is 7.78. The van der Waals surface area contributed by atoms with Gasteiger partial charge in [-0.2, -0.15) is 0 Å². The molecule has 0 saturated carbocycles. The van der Waals surface area contributed by atoms with E-state index in [2.05, 4.69) is 45.0 Å². The first-order valence-electron chi connectivity index (χ1n) is 6.08. The quantitative estimate of drug-likeness (QED) is 0.678. The van der Waals surface area contributed by atoms with Crippen molar-refractivity contribution in [2.45, 2.75) is 45.2 Å². The monoisotopic (exact) mass is 235 g/mol. The van der Waals surface area contributed by atoms with Gasteiger partial charge in [0.2, 0.25) is 9.04 Å². The zero-order valence-electron chi connectivity index (χ0n) is 10.9. The summed E-state index contributed by atoms with van der Waals surface area (Å²) < 4.78 is 5.57. The minimum atomic E-state index is -0.579. The van der Waals surface area contributed by atoms with Gasteiger partial charge in [0.25, 0.3) is 0 Å². The van der Waals surface area contributed by atoms with Crippen molar-refractivity contribution in [1.82, 2.24) is 0 Å². The molecule has 1 rings (SSSR count). The molecule has 0 N–H and O–H groups in total. The van der Waals surface area contributed by atoms with Crippen molar-refractivity contribution in [3.63, 3.8) is 0 Å². The van der Waals surface area contributed by atoms with Crippen LogP contribution >= 0.6 is 0 Å². The molecule has 0 spiro atoms. The van der Waals surface area contributed by atoms with Crippen LogP contribution in [0, 0.1) is 6.92 Å². The van der Waals surface area contributed by atoms with Crippen LogP contribution < -0.4 is 0 Å². The fraction of sp³-hybridized carbons (Fsp3) is 0.571. The first kappa shape index (κ1) is 13.5. The molecule has 0 bridgehead atoms. The molecule has 0 aliphatic carbocycles. The summed E-state index contributed by atoms with van der Waals surface area (Å²) in [7, 11) is 1.28. The van der Waals surface area contributed by atoms with Crippen molar-refractivity contribution in [1.29, 1.82) is 0 Å². The number of hydrogen-bond donors (Lipinski definition) is 0. The molecule has 0 saturated heterocycles. The van der Waals surface area contributed by atoms with E-state index in [0.717, 1.165) is 0 Å². The average molecular weight is 235 g/mol. The van der Waals surface area contributed by atoms with E-state index in [4.69, 9.17) is 4.43 Å². The Kier molecular flexibility index (Phi) is 5.78. The molecular formula is C14H23OSi. The van der Waals surface area contributed by atoms with Crippen LogP contribution in [0.25, 0.3) is 0 Å². The van der Waals surface area contributed by atoms with Crippen molar-refractivity contribution in [2.75, 3.05) is 7.11 Å². The minimum Gasteiger partial charge on any atom is -0.419 e. The van der Waals surface area contributed by atoms with Crippen LogP contribution in [-0.2, 0) is 10.8 Å². The van der Waals surface area contributed by atoms with Gasteiger partial charge in [0.1, 0.15) is 0 Å². The minimum absolute atomic E-state index is 0.579. The van der Waals surface area contributed by atoms with E-state index in [1.807, 2.05) is 7.11 Å². The molecule has 1 radical (unpaired) electrons. The lowest BCUT2D eigenvalue weighted by atomic mass is 10.1. The van der Waals surface area contributed by atoms with Crippen LogP contribution in [0.5, 0.6) is 0 Å². The highest BCUT2D eigenvalue weighted by molar-refractivity contribution is 6.53. The molecule has 16 heavy (non-hydrogen) atoms. The Bertz CT molecular complexity index is 292. The van der Waals surface area contributed by atoms with Crippen molar-refractivity contribution in [2.24, 2.45) is 0 Å². The van der Waals surface area contributed by atoms with Gasteiger partial charge >= 0.3 is 0 Å². The lowest BCUT2D eigenvalue weighted by Gasteiger charge is -2.15. The summed E-state index contributed by atoms with van der Waals surface area (Å²) in [6.07, 6.45) is 2.44. The SMILES string of the molecule is CO[Si](CCCc1ccc(C)cc1)C(C)C. The molecule has 0 aromatic heterocycles. The van der Waals surface area contributed by atoms with E-state index in [-0.39, 0.29) is 0 Å². The summed E-state index contributed by atoms with van der Waals surface area (Å²) >= 11 is 0. The van der Waals surface area contributed by atoms with Crippen molar-refractivity contribution >= 4 is 9.04 Å². The topological polar surface area (TPSA) is 9.23 Å². The van der Waals surface area contributed by atoms with Crippen molar-refractivity contribution in [3.8, 4) is 0 Å². The zero-order valence-corrected chi connectivity index (χ0v) is 11.9. The van der Waals surface area contributed by atoms with E-state index in [1.165, 1.54) is 30.0 Å². The van der Waals surface area contributed by atoms with E-state index in [1.54, 1.807) is 0 Å². The third-order valence-corrected chi connectivity index (χ3v) is 5.57. The molecule has 0 aliphatic heterocycles. The maximum absolute atomic E-state index is 5.57. The van der Waals surface area contributed by atoms with Crippen LogP contribution in [-0.4, -0.2) is 16.2 Å². The van der Waals surface area contributed by atoms with Crippen LogP contribution in [0.3, 0.4) is 0 Å². The van der Waals surface area contributed by atoms with Crippen LogP contribution in [0.15, 0.2) is 24.3 Å². The summed E-state index contributed by atoms with van der Waals surface area (Å²) in [5.41, 5.74) is 3.51. The molecule has 0 fully saturated rings. The van der Waals surface area contributed by atoms with Gasteiger partial charge in [-0.3, -0.25) is 0 Å². The lowest BCUT2D eigenvalue weighted by Crippen LogP contribution is -2.19. The van der Waals surface area contributed by atoms with Gasteiger partial charge < -0.3 is 4.43 Å². The third-order valence-electron chi connectivity index (χ3n) is 2.92. The van der Waals surface area contributed by atoms with Gasteiger partial charge in [-0.05, 0) is 36.9 Å². The van der Waals surface area contributed by atoms with Crippen LogP contribution in [0.4, 0.5) is 0 Å². The number of aryl methyl sites for hydroxylation is 2. The molecule has 0 amide bonds. The highest BCUT2D eigenvalue weighted by atomic mass is 28.3. The van der Waals surface area contributed by atoms with Gasteiger partial charge in [0, 0.05) is 7.11 Å². The highest BCUT2D eigenvalue weighted by Gasteiger charge is 2.15. The van der Waals surface area contributed by atoms with Crippen molar-refractivity contribution < 1.29 is 4.43 Å². The van der Waals surface area contributed by atoms with Crippen molar-refractivity contribution in [3.05, 3.63) is 35.4 Å². The standard InChI is InChI=1S/C14H23OSi/c1-12(2)16(15-4)11-5-6-14-9-7-13(3)8-10-14/h7-10,12H,5-6,11H2,1-4H3. The predicted molar refractivity (Wildman–Crippen MR) is 72.2 cm³/mol. The maximum atomic E-state index is 5.57. The average Bonchev–Trinajstić information content (AvgIpc) is 2.26. The van der Waals surface area contributed by atoms with E-state index >= 15 is 0 Å². The fourth-order valence-corrected chi connectivity index (χ4v) is 3.63. The smallest absolute Gasteiger partial charge is 0.213 e. The normalized spacial score (nSPS) is 11.4. The number of benzene rings is 1. The number of rotatable bonds is 6. The molecule has 0 unspecified atom stereocenters. The second-order valence-corrected chi connectivity index (χ2v) is 7.66. The Morgan fingerprint density at radius 1 is 1.19 bits per heavy atom. The Morgan fingerprint density at radius 2 is 1.81 bits per heavy atom. The summed E-state index contributed by atoms with van der Waals surface area (Å²) in [5.74, 6) is 0. The molecule has 0 atom stereocenters. The highest BCUT2D eigenvalue weighted by Crippen LogP contribution is 2.16. The summed E-state index contributed by atoms with van der Waals surface area (Å²) in [5, 5.41) is 0. The van der Waals surface area contributed by atoms with E-state index < -0.39 is 9.04 Å². The van der Waals surface area contributed by atoms with E-state index in [9.17, 15) is 0 Å². The largest absolute Gasteiger partial charge is 0.419 e. The second kappa shape index (κ2) is 6.87. The first-order chi connectivity index (χ1) is 7.63. The maximum Gasteiger partial charge on any atom is 0.213 e. The molecule has 2 heteroatoms. The molecule has 1 aromatic carbocycles. The van der Waals surface area contributed by atoms with Gasteiger partial charge in [-0.25, -0.2) is 0 Å². The Balaban J connectivity index is 2.32. The second-order valence-electron chi connectivity index (χ2n) is 4.66. The van der Waals surface area contributed by atoms with Gasteiger partial charge in [-0.15, -0.1) is 0 Å². The third kappa shape index (κ3) is 4.50. The summed E-state index contributed by atoms with van der Waals surface area (Å²) in [4.78, 5) is 0. The summed E-state index contributed by atoms with van der Waals surface area (Å²) in [6, 6.07) is 10.1. The predicted octanol–water partition coefficient (Wildman–Crippen LogP) is 3.98. The van der Waals surface area contributed by atoms with Gasteiger partial charge in [0.05, 0.1) is 0 Å². The molecule has 0 aliphatic rings. The molecule has 0 heterocycles. The molecule has 89 valence electrons. The molecular weight excluding hydrogens is 212 g/mol. The fourth-order valence-electron chi connectivity index (χ4n) is 1.85. The van der Waals surface area contributed by atoms with Crippen LogP contribution in [0.1, 0.15) is 31.4 Å². The lowest BCUT2D eigenvalue weighted by molar-refractivity contribution is 0.408. The van der Waals surface area contributed by atoms with Crippen LogP contribution in [0.2, 0.25) is 11.6 Å². The van der Waals surface area contributed by atoms with E-state index in [0.29, 0.717) is 5.54 Å². The Morgan fingerprint density at radius 3 is 2.31 bits per heavy atom. The number of hydrogen-bond acceptors (Lipinski definition) is 1. The summed E-state index contributed by atoms with van der Waals surface area (Å²) in [6.45, 7) is 6.67. The molecule has 1 nitrogen and oxygen atoms in total. The Labute approximate surface area is 102 Å².